The lowest BCUT2D eigenvalue weighted by Crippen LogP contribution is -2.50. The lowest BCUT2D eigenvalue weighted by atomic mass is 10.1. The van der Waals surface area contributed by atoms with Crippen LogP contribution in [0.4, 0.5) is 10.5 Å². The van der Waals surface area contributed by atoms with E-state index in [9.17, 15) is 18.0 Å². The molecule has 1 N–H and O–H groups in total. The van der Waals surface area contributed by atoms with Gasteiger partial charge in [0.05, 0.1) is 24.3 Å². The van der Waals surface area contributed by atoms with Gasteiger partial charge in [-0.05, 0) is 43.7 Å². The number of anilines is 1. The molecule has 0 bridgehead atoms. The van der Waals surface area contributed by atoms with Crippen LogP contribution in [0.2, 0.25) is 0 Å². The van der Waals surface area contributed by atoms with Crippen molar-refractivity contribution in [1.82, 2.24) is 9.80 Å². The molecule has 1 heterocycles. The number of rotatable bonds is 6. The second kappa shape index (κ2) is 9.90. The number of carbonyl (C=O) groups is 2. The van der Waals surface area contributed by atoms with Gasteiger partial charge in [0.2, 0.25) is 0 Å². The van der Waals surface area contributed by atoms with E-state index < -0.39 is 16.1 Å². The molecule has 1 saturated heterocycles. The van der Waals surface area contributed by atoms with Crippen molar-refractivity contribution in [3.05, 3.63) is 53.6 Å². The van der Waals surface area contributed by atoms with Gasteiger partial charge in [0.15, 0.2) is 0 Å². The minimum Gasteiger partial charge on any atom is -0.495 e. The number of piperazine rings is 1. The summed E-state index contributed by atoms with van der Waals surface area (Å²) in [5.74, 6) is 0.0997. The summed E-state index contributed by atoms with van der Waals surface area (Å²) in [5, 5.41) is 0. The molecule has 2 aromatic carbocycles. The van der Waals surface area contributed by atoms with Gasteiger partial charge in [-0.25, -0.2) is 13.2 Å². The summed E-state index contributed by atoms with van der Waals surface area (Å²) in [6.45, 7) is 5.10. The fourth-order valence-electron chi connectivity index (χ4n) is 3.44. The average Bonchev–Trinajstić information content (AvgIpc) is 2.79. The van der Waals surface area contributed by atoms with Crippen molar-refractivity contribution in [3.8, 4) is 5.75 Å². The molecule has 9 nitrogen and oxygen atoms in total. The number of para-hydroxylation sites is 2. The number of hydrogen-bond donors (Lipinski definition) is 1. The van der Waals surface area contributed by atoms with E-state index in [0.717, 1.165) is 0 Å². The maximum Gasteiger partial charge on any atom is 0.409 e. The fourth-order valence-corrected chi connectivity index (χ4v) is 4.78. The molecule has 0 aliphatic carbocycles. The van der Waals surface area contributed by atoms with Gasteiger partial charge in [-0.2, -0.15) is 0 Å². The minimum absolute atomic E-state index is 0.0133. The second-order valence-corrected chi connectivity index (χ2v) is 8.92. The maximum absolute atomic E-state index is 13.1. The van der Waals surface area contributed by atoms with Crippen molar-refractivity contribution in [2.75, 3.05) is 44.6 Å². The Kier molecular flexibility index (Phi) is 7.24. The Balaban J connectivity index is 1.78. The SMILES string of the molecule is CCOC(=O)N1CCN(C(=O)c2ccc(C)c(S(=O)(=O)Nc3ccccc3OC)c2)CC1. The number of nitrogens with one attached hydrogen (secondary N) is 1. The van der Waals surface area contributed by atoms with Crippen molar-refractivity contribution >= 4 is 27.7 Å². The zero-order chi connectivity index (χ0) is 23.3. The van der Waals surface area contributed by atoms with Gasteiger partial charge >= 0.3 is 6.09 Å². The van der Waals surface area contributed by atoms with E-state index in [1.165, 1.54) is 13.2 Å². The summed E-state index contributed by atoms with van der Waals surface area (Å²) in [7, 11) is -2.50. The number of benzene rings is 2. The summed E-state index contributed by atoms with van der Waals surface area (Å²) >= 11 is 0. The highest BCUT2D eigenvalue weighted by molar-refractivity contribution is 7.92. The van der Waals surface area contributed by atoms with E-state index in [4.69, 9.17) is 9.47 Å². The third-order valence-corrected chi connectivity index (χ3v) is 6.68. The van der Waals surface area contributed by atoms with Crippen LogP contribution in [0.3, 0.4) is 0 Å². The highest BCUT2D eigenvalue weighted by Crippen LogP contribution is 2.27. The Hall–Kier alpha value is -3.27. The van der Waals surface area contributed by atoms with Gasteiger partial charge in [-0.1, -0.05) is 18.2 Å². The predicted molar refractivity (Wildman–Crippen MR) is 119 cm³/mol. The van der Waals surface area contributed by atoms with Crippen molar-refractivity contribution in [3.63, 3.8) is 0 Å². The third-order valence-electron chi connectivity index (χ3n) is 5.17. The Morgan fingerprint density at radius 2 is 1.69 bits per heavy atom. The molecule has 1 fully saturated rings. The molecule has 3 rings (SSSR count). The molecule has 0 unspecified atom stereocenters. The number of aryl methyl sites for hydroxylation is 1. The monoisotopic (exact) mass is 461 g/mol. The lowest BCUT2D eigenvalue weighted by Gasteiger charge is -2.34. The zero-order valence-corrected chi connectivity index (χ0v) is 19.1. The molecule has 0 spiro atoms. The van der Waals surface area contributed by atoms with E-state index >= 15 is 0 Å². The van der Waals surface area contributed by atoms with E-state index in [0.29, 0.717) is 49.8 Å². The van der Waals surface area contributed by atoms with Crippen LogP contribution in [-0.2, 0) is 14.8 Å². The topological polar surface area (TPSA) is 105 Å². The first kappa shape index (κ1) is 23.4. The molecule has 0 radical (unpaired) electrons. The predicted octanol–water partition coefficient (Wildman–Crippen LogP) is 2.72. The smallest absolute Gasteiger partial charge is 0.409 e. The van der Waals surface area contributed by atoms with Gasteiger partial charge in [0.25, 0.3) is 15.9 Å². The maximum atomic E-state index is 13.1. The molecule has 172 valence electrons. The second-order valence-electron chi connectivity index (χ2n) is 7.26. The van der Waals surface area contributed by atoms with Crippen LogP contribution < -0.4 is 9.46 Å². The van der Waals surface area contributed by atoms with Gasteiger partial charge < -0.3 is 19.3 Å². The molecule has 0 aromatic heterocycles. The molecule has 2 aromatic rings. The largest absolute Gasteiger partial charge is 0.495 e. The standard InChI is InChI=1S/C22H27N3O6S/c1-4-31-22(27)25-13-11-24(12-14-25)21(26)17-10-9-16(2)20(15-17)32(28,29)23-18-7-5-6-8-19(18)30-3/h5-10,15,23H,4,11-14H2,1-3H3. The van der Waals surface area contributed by atoms with Crippen LogP contribution in [0.15, 0.2) is 47.4 Å². The number of nitrogens with zero attached hydrogens (tertiary/aromatic N) is 2. The summed E-state index contributed by atoms with van der Waals surface area (Å²) < 4.78 is 38.9. The van der Waals surface area contributed by atoms with Crippen molar-refractivity contribution in [2.24, 2.45) is 0 Å². The van der Waals surface area contributed by atoms with Crippen LogP contribution in [0.1, 0.15) is 22.8 Å². The van der Waals surface area contributed by atoms with Crippen molar-refractivity contribution < 1.29 is 27.5 Å². The number of carbonyl (C=O) groups excluding carboxylic acids is 2. The molecule has 32 heavy (non-hydrogen) atoms. The van der Waals surface area contributed by atoms with E-state index in [1.54, 1.807) is 60.0 Å². The molecule has 10 heteroatoms. The molecule has 2 amide bonds. The first-order valence-corrected chi connectivity index (χ1v) is 11.7. The van der Waals surface area contributed by atoms with Crippen molar-refractivity contribution in [2.45, 2.75) is 18.7 Å². The highest BCUT2D eigenvalue weighted by Gasteiger charge is 2.27. The third kappa shape index (κ3) is 5.13. The summed E-state index contributed by atoms with van der Waals surface area (Å²) in [6.07, 6.45) is -0.397. The molecule has 0 saturated carbocycles. The summed E-state index contributed by atoms with van der Waals surface area (Å²) in [4.78, 5) is 28.0. The van der Waals surface area contributed by atoms with Gasteiger partial charge in [-0.15, -0.1) is 0 Å². The number of methoxy groups -OCH3 is 1. The van der Waals surface area contributed by atoms with Crippen LogP contribution in [-0.4, -0.2) is 70.1 Å². The lowest BCUT2D eigenvalue weighted by molar-refractivity contribution is 0.0570. The van der Waals surface area contributed by atoms with E-state index in [-0.39, 0.29) is 16.4 Å². The van der Waals surface area contributed by atoms with Crippen molar-refractivity contribution in [1.29, 1.82) is 0 Å². The van der Waals surface area contributed by atoms with Crippen LogP contribution in [0, 0.1) is 6.92 Å². The number of ether oxygens (including phenoxy) is 2. The van der Waals surface area contributed by atoms with Crippen LogP contribution in [0.25, 0.3) is 0 Å². The number of hydrogen-bond acceptors (Lipinski definition) is 6. The molecule has 1 aliphatic heterocycles. The Bertz CT molecular complexity index is 1090. The normalized spacial score (nSPS) is 14.1. The van der Waals surface area contributed by atoms with Gasteiger partial charge in [-0.3, -0.25) is 9.52 Å². The van der Waals surface area contributed by atoms with Gasteiger partial charge in [0, 0.05) is 31.7 Å². The summed E-state index contributed by atoms with van der Waals surface area (Å²) in [6, 6.07) is 11.3. The molecular weight excluding hydrogens is 434 g/mol. The van der Waals surface area contributed by atoms with Gasteiger partial charge in [0.1, 0.15) is 5.75 Å². The minimum atomic E-state index is -3.96. The highest BCUT2D eigenvalue weighted by atomic mass is 32.2. The zero-order valence-electron chi connectivity index (χ0n) is 18.3. The first-order valence-electron chi connectivity index (χ1n) is 10.2. The van der Waals surface area contributed by atoms with Crippen LogP contribution in [0.5, 0.6) is 5.75 Å². The van der Waals surface area contributed by atoms with Crippen LogP contribution >= 0.6 is 0 Å². The Morgan fingerprint density at radius 3 is 2.34 bits per heavy atom. The number of amides is 2. The average molecular weight is 462 g/mol. The Labute approximate surface area is 188 Å². The molecule has 1 aliphatic rings. The summed E-state index contributed by atoms with van der Waals surface area (Å²) in [5.41, 5.74) is 1.08. The number of sulfonamides is 1. The van der Waals surface area contributed by atoms with E-state index in [2.05, 4.69) is 4.72 Å². The van der Waals surface area contributed by atoms with E-state index in [1.807, 2.05) is 0 Å². The fraction of sp³-hybridized carbons (Fsp3) is 0.364. The first-order chi connectivity index (χ1) is 15.3. The molecular formula is C22H27N3O6S. The molecule has 0 atom stereocenters. The Morgan fingerprint density at radius 1 is 1.03 bits per heavy atom. The quantitative estimate of drug-likeness (QED) is 0.709.